The third-order valence-electron chi connectivity index (χ3n) is 10.9. The van der Waals surface area contributed by atoms with Crippen molar-refractivity contribution < 1.29 is 14.7 Å². The molecule has 0 bridgehead atoms. The van der Waals surface area contributed by atoms with Gasteiger partial charge in [-0.2, -0.15) is 0 Å². The molecular weight excluding hydrogens is 659 g/mol. The molecule has 2 aromatic carbocycles. The summed E-state index contributed by atoms with van der Waals surface area (Å²) in [4.78, 5) is 48.8. The molecule has 3 aliphatic heterocycles. The lowest BCUT2D eigenvalue weighted by Crippen LogP contribution is -2.55. The van der Waals surface area contributed by atoms with E-state index in [0.29, 0.717) is 69.2 Å². The Hall–Kier alpha value is -4.87. The molecule has 1 N–H and O–H groups in total. The largest absolute Gasteiger partial charge is 0.388 e. The van der Waals surface area contributed by atoms with Gasteiger partial charge in [0.25, 0.3) is 5.91 Å². The van der Waals surface area contributed by atoms with Gasteiger partial charge in [0.1, 0.15) is 22.0 Å². The summed E-state index contributed by atoms with van der Waals surface area (Å²) in [5.41, 5.74) is 4.79. The van der Waals surface area contributed by atoms with Crippen molar-refractivity contribution in [2.45, 2.75) is 44.6 Å². The molecule has 11 heteroatoms. The number of hydrogen-bond acceptors (Lipinski definition) is 8. The van der Waals surface area contributed by atoms with Gasteiger partial charge in [-0.3, -0.25) is 14.6 Å². The quantitative estimate of drug-likeness (QED) is 0.284. The third kappa shape index (κ3) is 6.33. The van der Waals surface area contributed by atoms with Gasteiger partial charge in [0, 0.05) is 85.9 Å². The van der Waals surface area contributed by atoms with E-state index in [2.05, 4.69) is 44.9 Å². The van der Waals surface area contributed by atoms with E-state index in [9.17, 15) is 14.7 Å². The number of aliphatic hydroxyl groups is 1. The predicted octanol–water partition coefficient (Wildman–Crippen LogP) is 4.24. The van der Waals surface area contributed by atoms with Crippen LogP contribution in [0.2, 0.25) is 0 Å². The van der Waals surface area contributed by atoms with E-state index in [1.165, 1.54) is 11.3 Å². The highest BCUT2D eigenvalue weighted by atomic mass is 32.1. The Labute approximate surface area is 301 Å². The van der Waals surface area contributed by atoms with Crippen LogP contribution < -0.4 is 10.7 Å². The number of pyridine rings is 1. The van der Waals surface area contributed by atoms with Crippen LogP contribution in [0.15, 0.2) is 77.9 Å². The van der Waals surface area contributed by atoms with E-state index in [4.69, 9.17) is 9.98 Å². The fourth-order valence-corrected chi connectivity index (χ4v) is 9.07. The van der Waals surface area contributed by atoms with Crippen LogP contribution in [0.4, 0.5) is 0 Å². The molecule has 0 aliphatic carbocycles. The number of hydrogen-bond donors (Lipinski definition) is 1. The number of carbonyl (C=O) groups excluding carboxylic acids is 2. The number of nitrogens with zero attached hydrogens (tertiary/aromatic N) is 7. The van der Waals surface area contributed by atoms with Crippen LogP contribution in [0.1, 0.15) is 51.8 Å². The summed E-state index contributed by atoms with van der Waals surface area (Å²) >= 11 is 1.40. The highest BCUT2D eigenvalue weighted by Gasteiger charge is 2.42. The van der Waals surface area contributed by atoms with E-state index in [0.717, 1.165) is 43.4 Å². The second kappa shape index (κ2) is 13.4. The average Bonchev–Trinajstić information content (AvgIpc) is 3.68. The second-order valence-corrected chi connectivity index (χ2v) is 15.3. The van der Waals surface area contributed by atoms with Crippen LogP contribution in [-0.4, -0.2) is 91.1 Å². The fraction of sp³-hybridized carbons (Fsp3) is 0.375. The Balaban J connectivity index is 0.952. The van der Waals surface area contributed by atoms with Crippen LogP contribution in [0, 0.1) is 19.8 Å². The number of fused-ring (bicyclic) bond motifs is 3. The molecule has 2 atom stereocenters. The molecule has 2 saturated heterocycles. The minimum atomic E-state index is -0.917. The standard InChI is InChI=1S/C40H43N7O3S/c1-26-13-14-29(21-41-26)37-43-27(2)35(51-37)39(49)47-18-15-31(32(23-47)28-9-5-4-6-10-28)38(48)46-19-16-40(50,17-20-46)24-45-22-33-30-11-7-8-12-34(30)44(3)36(33)42-25-45/h4-14,21-22,31-32,50H,15-20,23-25H2,1-3H3/t31-,32+/m1/s1. The number of piperidine rings is 2. The number of para-hydroxylation sites is 1. The fourth-order valence-electron chi connectivity index (χ4n) is 8.04. The summed E-state index contributed by atoms with van der Waals surface area (Å²) in [6.07, 6.45) is 5.52. The van der Waals surface area contributed by atoms with Gasteiger partial charge in [-0.15, -0.1) is 11.3 Å². The van der Waals surface area contributed by atoms with Crippen LogP contribution in [0.25, 0.3) is 27.7 Å². The lowest BCUT2D eigenvalue weighted by atomic mass is 9.79. The van der Waals surface area contributed by atoms with Crippen molar-refractivity contribution in [3.8, 4) is 10.6 Å². The molecule has 0 spiro atoms. The minimum absolute atomic E-state index is 0.0388. The van der Waals surface area contributed by atoms with Gasteiger partial charge in [-0.05, 0) is 56.9 Å². The molecule has 10 nitrogen and oxygen atoms in total. The second-order valence-electron chi connectivity index (χ2n) is 14.3. The molecular formula is C40H43N7O3S. The molecule has 51 heavy (non-hydrogen) atoms. The molecule has 2 fully saturated rings. The summed E-state index contributed by atoms with van der Waals surface area (Å²) in [6.45, 7) is 6.74. The molecule has 5 aromatic rings. The van der Waals surface area contributed by atoms with Crippen LogP contribution in [-0.2, 0) is 11.8 Å². The number of aryl methyl sites for hydroxylation is 3. The molecule has 6 heterocycles. The molecule has 0 radical (unpaired) electrons. The predicted molar refractivity (Wildman–Crippen MR) is 199 cm³/mol. The number of carbonyl (C=O) groups is 2. The highest BCUT2D eigenvalue weighted by Crippen LogP contribution is 2.37. The van der Waals surface area contributed by atoms with E-state index >= 15 is 0 Å². The Bertz CT molecular complexity index is 2220. The highest BCUT2D eigenvalue weighted by molar-refractivity contribution is 7.17. The van der Waals surface area contributed by atoms with Gasteiger partial charge in [0.2, 0.25) is 5.91 Å². The molecule has 0 unspecified atom stereocenters. The zero-order valence-electron chi connectivity index (χ0n) is 29.3. The molecule has 262 valence electrons. The number of aromatic nitrogens is 3. The van der Waals surface area contributed by atoms with E-state index in [1.807, 2.05) is 73.2 Å². The van der Waals surface area contributed by atoms with E-state index in [1.54, 1.807) is 6.20 Å². The first-order valence-electron chi connectivity index (χ1n) is 17.8. The maximum Gasteiger partial charge on any atom is 0.265 e. The first kappa shape index (κ1) is 33.3. The monoisotopic (exact) mass is 701 g/mol. The molecule has 0 saturated carbocycles. The number of rotatable bonds is 6. The minimum Gasteiger partial charge on any atom is -0.388 e. The Kier molecular flexibility index (Phi) is 8.71. The number of β-amino-alcohol motifs (C(OH)–C–C–N with tert-alkyl or cyclic N) is 1. The van der Waals surface area contributed by atoms with Gasteiger partial charge in [0.05, 0.1) is 16.8 Å². The number of amides is 2. The molecule has 8 rings (SSSR count). The van der Waals surface area contributed by atoms with Gasteiger partial charge in [-0.1, -0.05) is 48.5 Å². The summed E-state index contributed by atoms with van der Waals surface area (Å²) in [6, 6.07) is 22.4. The van der Waals surface area contributed by atoms with Crippen molar-refractivity contribution in [1.82, 2.24) is 29.2 Å². The van der Waals surface area contributed by atoms with E-state index in [-0.39, 0.29) is 23.7 Å². The van der Waals surface area contributed by atoms with Crippen molar-refractivity contribution in [2.75, 3.05) is 39.4 Å². The summed E-state index contributed by atoms with van der Waals surface area (Å²) in [5.74, 6) is -0.312. The average molecular weight is 702 g/mol. The summed E-state index contributed by atoms with van der Waals surface area (Å²) in [7, 11) is 2.04. The normalized spacial score (nSPS) is 20.1. The Morgan fingerprint density at radius 2 is 1.73 bits per heavy atom. The molecule has 3 aliphatic rings. The molecule has 2 amide bonds. The maximum absolute atomic E-state index is 14.3. The van der Waals surface area contributed by atoms with Crippen LogP contribution in [0.3, 0.4) is 0 Å². The summed E-state index contributed by atoms with van der Waals surface area (Å²) < 4.78 is 2.13. The first-order valence-corrected chi connectivity index (χ1v) is 18.6. The van der Waals surface area contributed by atoms with Crippen LogP contribution in [0.5, 0.6) is 0 Å². The zero-order chi connectivity index (χ0) is 35.3. The van der Waals surface area contributed by atoms with Gasteiger partial charge in [-0.25, -0.2) is 9.98 Å². The number of thiazole rings is 1. The van der Waals surface area contributed by atoms with Gasteiger partial charge in [0.15, 0.2) is 0 Å². The van der Waals surface area contributed by atoms with Crippen LogP contribution >= 0.6 is 11.3 Å². The van der Waals surface area contributed by atoms with Crippen molar-refractivity contribution >= 4 is 40.3 Å². The summed E-state index contributed by atoms with van der Waals surface area (Å²) in [5, 5.41) is 14.8. The smallest absolute Gasteiger partial charge is 0.265 e. The number of benzene rings is 2. The van der Waals surface area contributed by atoms with Gasteiger partial charge < -0.3 is 24.4 Å². The SMILES string of the molecule is Cc1ccc(-c2nc(C)c(C(=O)N3CC[C@@H](C(=O)N4CCC(O)(CN5C=c6c(n(C)c7ccccc67)=NC5)CC4)[C@H](c4ccccc4)C3)s2)cn1. The topological polar surface area (TPSA) is 107 Å². The Morgan fingerprint density at radius 1 is 0.961 bits per heavy atom. The van der Waals surface area contributed by atoms with Crippen molar-refractivity contribution in [2.24, 2.45) is 18.0 Å². The van der Waals surface area contributed by atoms with E-state index < -0.39 is 5.60 Å². The Morgan fingerprint density at radius 3 is 2.49 bits per heavy atom. The van der Waals surface area contributed by atoms with Gasteiger partial charge >= 0.3 is 0 Å². The first-order chi connectivity index (χ1) is 24.7. The van der Waals surface area contributed by atoms with Crippen molar-refractivity contribution in [3.05, 3.63) is 105 Å². The maximum atomic E-state index is 14.3. The lowest BCUT2D eigenvalue weighted by Gasteiger charge is -2.44. The lowest BCUT2D eigenvalue weighted by molar-refractivity contribution is -0.142. The van der Waals surface area contributed by atoms with Crippen molar-refractivity contribution in [1.29, 1.82) is 0 Å². The number of likely N-dealkylation sites (tertiary alicyclic amines) is 2. The third-order valence-corrected chi connectivity index (χ3v) is 12.1. The zero-order valence-corrected chi connectivity index (χ0v) is 30.1. The molecule has 3 aromatic heterocycles. The van der Waals surface area contributed by atoms with Crippen molar-refractivity contribution in [3.63, 3.8) is 0 Å².